The molecule has 0 amide bonds. The van der Waals surface area contributed by atoms with Gasteiger partial charge in [0, 0.05) is 6.61 Å². The molecule has 0 aromatic heterocycles. The summed E-state index contributed by atoms with van der Waals surface area (Å²) in [7, 11) is 0. The van der Waals surface area contributed by atoms with Gasteiger partial charge in [0.1, 0.15) is 0 Å². The van der Waals surface area contributed by atoms with Crippen molar-refractivity contribution in [3.8, 4) is 0 Å². The molecular weight excluding hydrogens is 148 g/mol. The van der Waals surface area contributed by atoms with Crippen LogP contribution in [0.1, 0.15) is 18.9 Å². The van der Waals surface area contributed by atoms with Gasteiger partial charge in [-0.15, -0.1) is 0 Å². The second-order valence-corrected chi connectivity index (χ2v) is 2.34. The van der Waals surface area contributed by atoms with Crippen LogP contribution in [0.5, 0.6) is 0 Å². The van der Waals surface area contributed by atoms with Crippen LogP contribution in [0.4, 0.5) is 0 Å². The molecule has 12 heavy (non-hydrogen) atoms. The highest BCUT2D eigenvalue weighted by atomic mass is 16.2. The second kappa shape index (κ2) is 8.02. The van der Waals surface area contributed by atoms with Crippen molar-refractivity contribution in [3.05, 3.63) is 42.5 Å². The van der Waals surface area contributed by atoms with Crippen LogP contribution in [-0.2, 0) is 0 Å². The van der Waals surface area contributed by atoms with Gasteiger partial charge in [-0.2, -0.15) is 0 Å². The topological polar surface area (TPSA) is 20.2 Å². The molecule has 0 fully saturated rings. The molecule has 1 N–H and O–H groups in total. The fraction of sp³-hybridized carbons (Fsp3) is 0.273. The Hall–Kier alpha value is -1.08. The molecular formula is C11H16O. The maximum atomic E-state index is 7.88. The van der Waals surface area contributed by atoms with Gasteiger partial charge in [0.15, 0.2) is 0 Å². The molecule has 1 aromatic rings. The molecule has 0 saturated carbocycles. The molecule has 0 bridgehead atoms. The zero-order chi connectivity index (χ0) is 9.23. The van der Waals surface area contributed by atoms with Crippen LogP contribution in [0.25, 0.3) is 6.08 Å². The Kier molecular flexibility index (Phi) is 7.30. The lowest BCUT2D eigenvalue weighted by Crippen LogP contribution is -1.69. The minimum atomic E-state index is 0.319. The summed E-state index contributed by atoms with van der Waals surface area (Å²) in [6, 6.07) is 10.0. The molecule has 0 aliphatic heterocycles. The molecule has 1 nitrogen and oxygen atoms in total. The van der Waals surface area contributed by atoms with Crippen LogP contribution in [0.3, 0.4) is 0 Å². The van der Waals surface area contributed by atoms with Gasteiger partial charge < -0.3 is 5.11 Å². The van der Waals surface area contributed by atoms with E-state index in [1.807, 2.05) is 43.3 Å². The summed E-state index contributed by atoms with van der Waals surface area (Å²) in [4.78, 5) is 0. The molecule has 1 aromatic carbocycles. The SMILES string of the molecule is C=Cc1ccccc1.CCCO. The zero-order valence-corrected chi connectivity index (χ0v) is 7.53. The smallest absolute Gasteiger partial charge is 0.0428 e. The van der Waals surface area contributed by atoms with E-state index in [4.69, 9.17) is 5.11 Å². The van der Waals surface area contributed by atoms with Crippen LogP contribution in [-0.4, -0.2) is 11.7 Å². The highest BCUT2D eigenvalue weighted by molar-refractivity contribution is 5.45. The lowest BCUT2D eigenvalue weighted by Gasteiger charge is -1.85. The number of aliphatic hydroxyl groups is 1. The highest BCUT2D eigenvalue weighted by Gasteiger charge is 1.75. The fourth-order valence-corrected chi connectivity index (χ4v) is 0.589. The van der Waals surface area contributed by atoms with E-state index in [0.29, 0.717) is 6.61 Å². The van der Waals surface area contributed by atoms with E-state index in [1.165, 1.54) is 5.56 Å². The molecule has 0 atom stereocenters. The summed E-state index contributed by atoms with van der Waals surface area (Å²) in [6.07, 6.45) is 2.71. The van der Waals surface area contributed by atoms with E-state index in [9.17, 15) is 0 Å². The fourth-order valence-electron chi connectivity index (χ4n) is 0.589. The molecule has 0 saturated heterocycles. The van der Waals surface area contributed by atoms with Crippen molar-refractivity contribution in [2.45, 2.75) is 13.3 Å². The van der Waals surface area contributed by atoms with Gasteiger partial charge in [-0.1, -0.05) is 49.9 Å². The van der Waals surface area contributed by atoms with E-state index in [-0.39, 0.29) is 0 Å². The standard InChI is InChI=1S/C8H8.C3H8O/c1-2-8-6-4-3-5-7-8;1-2-3-4/h2-7H,1H2;4H,2-3H2,1H3. The normalized spacial score (nSPS) is 8.17. The summed E-state index contributed by atoms with van der Waals surface area (Å²) in [6.45, 7) is 5.88. The van der Waals surface area contributed by atoms with Gasteiger partial charge in [-0.25, -0.2) is 0 Å². The summed E-state index contributed by atoms with van der Waals surface area (Å²) in [5.41, 5.74) is 1.17. The van der Waals surface area contributed by atoms with E-state index >= 15 is 0 Å². The van der Waals surface area contributed by atoms with Crippen LogP contribution in [0.2, 0.25) is 0 Å². The molecule has 0 radical (unpaired) electrons. The maximum absolute atomic E-state index is 7.88. The van der Waals surface area contributed by atoms with Crippen molar-refractivity contribution in [1.82, 2.24) is 0 Å². The molecule has 0 aliphatic rings. The van der Waals surface area contributed by atoms with E-state index in [0.717, 1.165) is 6.42 Å². The summed E-state index contributed by atoms with van der Waals surface area (Å²) in [5, 5.41) is 7.88. The molecule has 0 unspecified atom stereocenters. The Bertz CT molecular complexity index is 189. The molecule has 0 heterocycles. The maximum Gasteiger partial charge on any atom is 0.0428 e. The Morgan fingerprint density at radius 3 is 2.08 bits per heavy atom. The summed E-state index contributed by atoms with van der Waals surface area (Å²) >= 11 is 0. The molecule has 0 spiro atoms. The first-order valence-electron chi connectivity index (χ1n) is 4.13. The van der Waals surface area contributed by atoms with E-state index in [2.05, 4.69) is 6.58 Å². The van der Waals surface area contributed by atoms with Crippen molar-refractivity contribution in [2.75, 3.05) is 6.61 Å². The third-order valence-corrected chi connectivity index (χ3v) is 1.26. The van der Waals surface area contributed by atoms with Gasteiger partial charge in [-0.3, -0.25) is 0 Å². The van der Waals surface area contributed by atoms with Gasteiger partial charge in [0.05, 0.1) is 0 Å². The Morgan fingerprint density at radius 2 is 1.83 bits per heavy atom. The second-order valence-electron chi connectivity index (χ2n) is 2.34. The van der Waals surface area contributed by atoms with Gasteiger partial charge >= 0.3 is 0 Å². The van der Waals surface area contributed by atoms with Crippen LogP contribution in [0.15, 0.2) is 36.9 Å². The minimum Gasteiger partial charge on any atom is -0.396 e. The molecule has 66 valence electrons. The lowest BCUT2D eigenvalue weighted by molar-refractivity contribution is 0.295. The summed E-state index contributed by atoms with van der Waals surface area (Å²) < 4.78 is 0. The monoisotopic (exact) mass is 164 g/mol. The Balaban J connectivity index is 0.000000261. The van der Waals surface area contributed by atoms with Crippen molar-refractivity contribution in [2.24, 2.45) is 0 Å². The third kappa shape index (κ3) is 5.69. The lowest BCUT2D eigenvalue weighted by atomic mass is 10.2. The average Bonchev–Trinajstić information content (AvgIpc) is 2.19. The Morgan fingerprint density at radius 1 is 1.33 bits per heavy atom. The minimum absolute atomic E-state index is 0.319. The van der Waals surface area contributed by atoms with Crippen molar-refractivity contribution >= 4 is 6.08 Å². The number of hydrogen-bond acceptors (Lipinski definition) is 1. The van der Waals surface area contributed by atoms with Crippen molar-refractivity contribution in [3.63, 3.8) is 0 Å². The molecule has 0 aliphatic carbocycles. The van der Waals surface area contributed by atoms with E-state index in [1.54, 1.807) is 0 Å². The molecule has 1 rings (SSSR count). The first-order valence-corrected chi connectivity index (χ1v) is 4.13. The van der Waals surface area contributed by atoms with E-state index < -0.39 is 0 Å². The number of aliphatic hydroxyl groups excluding tert-OH is 1. The zero-order valence-electron chi connectivity index (χ0n) is 7.53. The van der Waals surface area contributed by atoms with Crippen molar-refractivity contribution < 1.29 is 5.11 Å². The average molecular weight is 164 g/mol. The van der Waals surface area contributed by atoms with Gasteiger partial charge in [-0.05, 0) is 12.0 Å². The first kappa shape index (κ1) is 10.9. The molecule has 1 heteroatoms. The predicted octanol–water partition coefficient (Wildman–Crippen LogP) is 2.72. The van der Waals surface area contributed by atoms with Crippen LogP contribution < -0.4 is 0 Å². The summed E-state index contributed by atoms with van der Waals surface area (Å²) in [5.74, 6) is 0. The largest absolute Gasteiger partial charge is 0.396 e. The van der Waals surface area contributed by atoms with Gasteiger partial charge in [0.25, 0.3) is 0 Å². The van der Waals surface area contributed by atoms with Crippen LogP contribution in [0, 0.1) is 0 Å². The highest BCUT2D eigenvalue weighted by Crippen LogP contribution is 1.97. The first-order chi connectivity index (χ1) is 5.85. The third-order valence-electron chi connectivity index (χ3n) is 1.26. The quantitative estimate of drug-likeness (QED) is 0.712. The van der Waals surface area contributed by atoms with Crippen molar-refractivity contribution in [1.29, 1.82) is 0 Å². The van der Waals surface area contributed by atoms with Crippen LogP contribution >= 0.6 is 0 Å². The number of benzene rings is 1. The Labute approximate surface area is 74.4 Å². The predicted molar refractivity (Wildman–Crippen MR) is 53.9 cm³/mol. The van der Waals surface area contributed by atoms with Gasteiger partial charge in [0.2, 0.25) is 0 Å². The number of rotatable bonds is 2. The number of hydrogen-bond donors (Lipinski definition) is 1.